The molecule has 0 N–H and O–H groups in total. The van der Waals surface area contributed by atoms with Crippen LogP contribution in [0.25, 0.3) is 22.9 Å². The second-order valence-electron chi connectivity index (χ2n) is 10.3. The Morgan fingerprint density at radius 3 is 2.32 bits per heavy atom. The molecule has 1 saturated heterocycles. The molecular weight excluding hydrogens is 456 g/mol. The van der Waals surface area contributed by atoms with Crippen molar-refractivity contribution in [2.75, 3.05) is 32.7 Å². The summed E-state index contributed by atoms with van der Waals surface area (Å²) in [6.45, 7) is 9.39. The van der Waals surface area contributed by atoms with Gasteiger partial charge in [0.05, 0.1) is 5.52 Å². The van der Waals surface area contributed by atoms with E-state index in [-0.39, 0.29) is 5.91 Å². The Morgan fingerprint density at radius 1 is 0.946 bits per heavy atom. The number of aromatic nitrogens is 2. The van der Waals surface area contributed by atoms with Crippen LogP contribution in [0.15, 0.2) is 54.7 Å². The Labute approximate surface area is 223 Å². The lowest BCUT2D eigenvalue weighted by Gasteiger charge is -2.24. The molecular formula is C32H44N4O. The Morgan fingerprint density at radius 2 is 1.65 bits per heavy atom. The van der Waals surface area contributed by atoms with Crippen LogP contribution in [0.1, 0.15) is 87.6 Å². The minimum atomic E-state index is 0.139. The topological polar surface area (TPSA) is 40.9 Å². The molecule has 0 radical (unpaired) electrons. The highest BCUT2D eigenvalue weighted by Crippen LogP contribution is 2.28. The smallest absolute Gasteiger partial charge is 0.253 e. The van der Waals surface area contributed by atoms with Crippen LogP contribution in [0.5, 0.6) is 0 Å². The van der Waals surface area contributed by atoms with E-state index >= 15 is 0 Å². The van der Waals surface area contributed by atoms with Crippen molar-refractivity contribution in [3.63, 3.8) is 0 Å². The minimum Gasteiger partial charge on any atom is -0.339 e. The number of benzene rings is 1. The molecule has 0 aliphatic carbocycles. The third-order valence-corrected chi connectivity index (χ3v) is 7.41. The van der Waals surface area contributed by atoms with Crippen LogP contribution in [0.3, 0.4) is 0 Å². The second-order valence-corrected chi connectivity index (χ2v) is 10.3. The maximum absolute atomic E-state index is 13.7. The molecule has 0 spiro atoms. The van der Waals surface area contributed by atoms with Gasteiger partial charge in [-0.25, -0.2) is 4.52 Å². The zero-order valence-electron chi connectivity index (χ0n) is 22.9. The largest absolute Gasteiger partial charge is 0.339 e. The van der Waals surface area contributed by atoms with Gasteiger partial charge < -0.3 is 4.90 Å². The van der Waals surface area contributed by atoms with Gasteiger partial charge in [0, 0.05) is 42.5 Å². The molecule has 5 nitrogen and oxygen atoms in total. The number of nitrogens with zero attached hydrogens (tertiary/aromatic N) is 4. The summed E-state index contributed by atoms with van der Waals surface area (Å²) in [6, 6.07) is 14.4. The highest BCUT2D eigenvalue weighted by atomic mass is 16.2. The average molecular weight is 501 g/mol. The first-order valence-corrected chi connectivity index (χ1v) is 14.5. The number of carbonyl (C=O) groups is 1. The zero-order valence-corrected chi connectivity index (χ0v) is 22.9. The summed E-state index contributed by atoms with van der Waals surface area (Å²) >= 11 is 0. The highest BCUT2D eigenvalue weighted by Gasteiger charge is 2.19. The number of carbonyl (C=O) groups excluding carboxylic acids is 1. The maximum Gasteiger partial charge on any atom is 0.253 e. The SMILES string of the molecule is CCCCCN(CCCCC)C(=O)c1ccn2nc(-c3ccccc3)c(/C=C/CN3CCCCC3)c2c1. The van der Waals surface area contributed by atoms with Gasteiger partial charge in [0.1, 0.15) is 5.69 Å². The quantitative estimate of drug-likeness (QED) is 0.231. The van der Waals surface area contributed by atoms with Crippen LogP contribution in [-0.2, 0) is 0 Å². The first-order chi connectivity index (χ1) is 18.2. The first kappa shape index (κ1) is 27.1. The van der Waals surface area contributed by atoms with Gasteiger partial charge in [0.15, 0.2) is 0 Å². The van der Waals surface area contributed by atoms with E-state index in [9.17, 15) is 4.79 Å². The van der Waals surface area contributed by atoms with E-state index < -0.39 is 0 Å². The fraction of sp³-hybridized carbons (Fsp3) is 0.500. The summed E-state index contributed by atoms with van der Waals surface area (Å²) < 4.78 is 1.93. The van der Waals surface area contributed by atoms with Gasteiger partial charge in [-0.1, -0.05) is 88.4 Å². The summed E-state index contributed by atoms with van der Waals surface area (Å²) in [5.41, 5.74) is 4.88. The van der Waals surface area contributed by atoms with E-state index in [1.807, 2.05) is 22.8 Å². The summed E-state index contributed by atoms with van der Waals surface area (Å²) in [5.74, 6) is 0.139. The summed E-state index contributed by atoms with van der Waals surface area (Å²) in [6.07, 6.45) is 17.1. The maximum atomic E-state index is 13.7. The molecule has 3 heterocycles. The predicted molar refractivity (Wildman–Crippen MR) is 155 cm³/mol. The zero-order chi connectivity index (χ0) is 25.9. The van der Waals surface area contributed by atoms with Crippen LogP contribution in [0, 0.1) is 0 Å². The van der Waals surface area contributed by atoms with E-state index in [4.69, 9.17) is 5.10 Å². The van der Waals surface area contributed by atoms with Crippen LogP contribution >= 0.6 is 0 Å². The number of hydrogen-bond donors (Lipinski definition) is 0. The Bertz CT molecular complexity index is 1130. The van der Waals surface area contributed by atoms with Crippen molar-refractivity contribution in [3.05, 3.63) is 65.9 Å². The van der Waals surface area contributed by atoms with Gasteiger partial charge in [0.2, 0.25) is 0 Å². The van der Waals surface area contributed by atoms with Gasteiger partial charge >= 0.3 is 0 Å². The van der Waals surface area contributed by atoms with E-state index in [1.165, 1.54) is 32.4 Å². The lowest BCUT2D eigenvalue weighted by Crippen LogP contribution is -2.33. The molecule has 1 aliphatic rings. The molecule has 198 valence electrons. The van der Waals surface area contributed by atoms with Gasteiger partial charge in [-0.15, -0.1) is 0 Å². The van der Waals surface area contributed by atoms with Gasteiger partial charge in [0.25, 0.3) is 5.91 Å². The monoisotopic (exact) mass is 500 g/mol. The van der Waals surface area contributed by atoms with Crippen LogP contribution < -0.4 is 0 Å². The molecule has 0 unspecified atom stereocenters. The van der Waals surface area contributed by atoms with Gasteiger partial charge in [-0.3, -0.25) is 9.69 Å². The average Bonchev–Trinajstić information content (AvgIpc) is 3.31. The number of unbranched alkanes of at least 4 members (excludes halogenated alkanes) is 4. The fourth-order valence-electron chi connectivity index (χ4n) is 5.24. The second kappa shape index (κ2) is 14.1. The molecule has 1 aliphatic heterocycles. The van der Waals surface area contributed by atoms with Gasteiger partial charge in [-0.05, 0) is 50.9 Å². The molecule has 4 rings (SSSR count). The highest BCUT2D eigenvalue weighted by molar-refractivity contribution is 5.96. The lowest BCUT2D eigenvalue weighted by molar-refractivity contribution is 0.0749. The minimum absolute atomic E-state index is 0.139. The summed E-state index contributed by atoms with van der Waals surface area (Å²) in [4.78, 5) is 18.2. The van der Waals surface area contributed by atoms with E-state index in [0.29, 0.717) is 0 Å². The normalized spacial score (nSPS) is 14.5. The molecule has 1 amide bonds. The Balaban J connectivity index is 1.64. The number of fused-ring (bicyclic) bond motifs is 1. The van der Waals surface area contributed by atoms with Crippen molar-refractivity contribution in [1.82, 2.24) is 19.4 Å². The summed E-state index contributed by atoms with van der Waals surface area (Å²) in [7, 11) is 0. The van der Waals surface area contributed by atoms with Crippen LogP contribution in [0.2, 0.25) is 0 Å². The van der Waals surface area contributed by atoms with Crippen molar-refractivity contribution in [2.45, 2.75) is 71.6 Å². The lowest BCUT2D eigenvalue weighted by atomic mass is 10.0. The van der Waals surface area contributed by atoms with Crippen molar-refractivity contribution in [3.8, 4) is 11.3 Å². The van der Waals surface area contributed by atoms with Crippen molar-refractivity contribution in [2.24, 2.45) is 0 Å². The van der Waals surface area contributed by atoms with Crippen molar-refractivity contribution in [1.29, 1.82) is 0 Å². The third kappa shape index (κ3) is 7.32. The van der Waals surface area contributed by atoms with E-state index in [0.717, 1.165) is 86.1 Å². The first-order valence-electron chi connectivity index (χ1n) is 14.5. The van der Waals surface area contributed by atoms with Crippen molar-refractivity contribution < 1.29 is 4.79 Å². The Kier molecular flexibility index (Phi) is 10.4. The number of amides is 1. The molecule has 5 heteroatoms. The standard InChI is InChI=1S/C32H44N4O/c1-3-5-11-23-35(24-12-6-4-2)32(37)28-19-25-36-30(26-28)29(18-15-22-34-20-13-8-14-21-34)31(33-36)27-16-9-7-10-17-27/h7,9-10,15-19,25-26H,3-6,8,11-14,20-24H2,1-2H3/b18-15+. The molecule has 37 heavy (non-hydrogen) atoms. The Hall–Kier alpha value is -2.92. The molecule has 3 aromatic rings. The number of rotatable bonds is 13. The van der Waals surface area contributed by atoms with Crippen molar-refractivity contribution >= 4 is 17.5 Å². The number of likely N-dealkylation sites (tertiary alicyclic amines) is 1. The van der Waals surface area contributed by atoms with Gasteiger partial charge in [-0.2, -0.15) is 5.10 Å². The molecule has 1 aromatic carbocycles. The number of hydrogen-bond acceptors (Lipinski definition) is 3. The molecule has 0 bridgehead atoms. The molecule has 0 atom stereocenters. The molecule has 1 fully saturated rings. The number of piperidine rings is 1. The fourth-order valence-corrected chi connectivity index (χ4v) is 5.24. The third-order valence-electron chi connectivity index (χ3n) is 7.41. The van der Waals surface area contributed by atoms with Crippen LogP contribution in [0.4, 0.5) is 0 Å². The molecule has 0 saturated carbocycles. The van der Waals surface area contributed by atoms with E-state index in [2.05, 4.69) is 66.1 Å². The predicted octanol–water partition coefficient (Wildman–Crippen LogP) is 7.32. The number of pyridine rings is 1. The summed E-state index contributed by atoms with van der Waals surface area (Å²) in [5, 5.41) is 4.94. The molecule has 2 aromatic heterocycles. The van der Waals surface area contributed by atoms with E-state index in [1.54, 1.807) is 0 Å². The van der Waals surface area contributed by atoms with Crippen LogP contribution in [-0.4, -0.2) is 58.0 Å².